The zero-order chi connectivity index (χ0) is 40.6. The maximum absolute atomic E-state index is 13.6. The van der Waals surface area contributed by atoms with Crippen LogP contribution in [0.2, 0.25) is 0 Å². The Kier molecular flexibility index (Phi) is 8.67. The highest BCUT2D eigenvalue weighted by Crippen LogP contribution is 2.74. The Bertz CT molecular complexity index is 2020. The lowest BCUT2D eigenvalue weighted by Crippen LogP contribution is -2.89. The van der Waals surface area contributed by atoms with Crippen molar-refractivity contribution in [2.24, 2.45) is 35.5 Å². The number of carbonyl (C=O) groups excluding carboxylic acids is 2. The van der Waals surface area contributed by atoms with Crippen LogP contribution in [-0.2, 0) is 39.2 Å². The second-order valence-electron chi connectivity index (χ2n) is 18.4. The molecule has 0 unspecified atom stereocenters. The average molecular weight is 801 g/mol. The fourth-order valence-electron chi connectivity index (χ4n) is 13.0. The van der Waals surface area contributed by atoms with Gasteiger partial charge in [0.1, 0.15) is 53.4 Å². The summed E-state index contributed by atoms with van der Waals surface area (Å²) in [6.45, 7) is 4.83. The number of ether oxygens (including phenoxy) is 6. The molecule has 8 fully saturated rings. The highest BCUT2D eigenvalue weighted by atomic mass is 16.9. The summed E-state index contributed by atoms with van der Waals surface area (Å²) in [6, 6.07) is 17.7. The topological polar surface area (TPSA) is 194 Å². The monoisotopic (exact) mass is 800 g/mol. The quantitative estimate of drug-likeness (QED) is 0.224. The molecule has 12 rings (SSSR count). The van der Waals surface area contributed by atoms with Gasteiger partial charge in [0.05, 0.1) is 23.4 Å². The summed E-state index contributed by atoms with van der Waals surface area (Å²) in [4.78, 5) is 27.0. The van der Waals surface area contributed by atoms with Crippen LogP contribution in [0.1, 0.15) is 68.8 Å². The third kappa shape index (κ3) is 4.96. The average Bonchev–Trinajstić information content (AvgIpc) is 3.73. The Hall–Kier alpha value is -3.50. The summed E-state index contributed by atoms with van der Waals surface area (Å²) >= 11 is 0. The first-order chi connectivity index (χ1) is 27.7. The maximum Gasteiger partial charge on any atom is 0.338 e. The summed E-state index contributed by atoms with van der Waals surface area (Å²) in [6.07, 6.45) is 0.831. The minimum absolute atomic E-state index is 0.0988. The van der Waals surface area contributed by atoms with E-state index >= 15 is 0 Å². The number of aliphatic hydroxyl groups is 5. The molecule has 5 N–H and O–H groups in total. The van der Waals surface area contributed by atoms with Crippen LogP contribution in [0.15, 0.2) is 85.0 Å². The zero-order valence-electron chi connectivity index (χ0n) is 32.8. The van der Waals surface area contributed by atoms with E-state index in [1.807, 2.05) is 19.1 Å². The van der Waals surface area contributed by atoms with Crippen molar-refractivity contribution in [2.75, 3.05) is 6.61 Å². The minimum atomic E-state index is -2.20. The van der Waals surface area contributed by atoms with E-state index in [1.165, 1.54) is 12.2 Å². The first kappa shape index (κ1) is 38.7. The molecule has 6 heterocycles. The van der Waals surface area contributed by atoms with E-state index < -0.39 is 107 Å². The van der Waals surface area contributed by atoms with Crippen LogP contribution in [-0.4, -0.2) is 109 Å². The number of hydrogen-bond donors (Lipinski definition) is 5. The second kappa shape index (κ2) is 13.0. The smallest absolute Gasteiger partial charge is 0.338 e. The van der Waals surface area contributed by atoms with Crippen molar-refractivity contribution in [3.63, 3.8) is 0 Å². The lowest BCUT2D eigenvalue weighted by atomic mass is 9.49. The van der Waals surface area contributed by atoms with Crippen LogP contribution in [0.3, 0.4) is 0 Å². The normalized spacial score (nSPS) is 52.2. The van der Waals surface area contributed by atoms with Crippen molar-refractivity contribution in [3.8, 4) is 0 Å². The number of esters is 2. The van der Waals surface area contributed by atoms with Crippen LogP contribution in [0, 0.1) is 35.5 Å². The molecule has 58 heavy (non-hydrogen) atoms. The fraction of sp³-hybridized carbons (Fsp3) is 0.600. The number of hydrogen-bond acceptors (Lipinski definition) is 13. The Morgan fingerprint density at radius 1 is 0.879 bits per heavy atom. The molecule has 13 heteroatoms. The van der Waals surface area contributed by atoms with Crippen LogP contribution in [0.4, 0.5) is 0 Å². The Balaban J connectivity index is 1.12. The van der Waals surface area contributed by atoms with Crippen molar-refractivity contribution >= 4 is 11.9 Å². The van der Waals surface area contributed by atoms with Gasteiger partial charge in [-0.3, -0.25) is 0 Å². The molecule has 4 saturated heterocycles. The number of allylic oxidation sites excluding steroid dienone is 2. The minimum Gasteiger partial charge on any atom is -0.456 e. The molecule has 0 aromatic heterocycles. The summed E-state index contributed by atoms with van der Waals surface area (Å²) in [5.41, 5.74) is -8.42. The van der Waals surface area contributed by atoms with Crippen molar-refractivity contribution in [1.82, 2.24) is 0 Å². The number of aliphatic hydroxyl groups excluding tert-OH is 2. The maximum atomic E-state index is 13.6. The van der Waals surface area contributed by atoms with Gasteiger partial charge in [-0.1, -0.05) is 74.5 Å². The van der Waals surface area contributed by atoms with Gasteiger partial charge in [0.25, 0.3) is 0 Å². The molecule has 2 aromatic carbocycles. The summed E-state index contributed by atoms with van der Waals surface area (Å²) in [5, 5.41) is 63.0. The highest BCUT2D eigenvalue weighted by molar-refractivity contribution is 5.89. The molecular formula is C45H52O13. The van der Waals surface area contributed by atoms with E-state index in [1.54, 1.807) is 67.6 Å². The molecule has 18 atom stereocenters. The number of fused-ring (bicyclic) bond motifs is 6. The van der Waals surface area contributed by atoms with Gasteiger partial charge in [-0.2, -0.15) is 0 Å². The number of epoxide rings is 1. The van der Waals surface area contributed by atoms with E-state index in [0.717, 1.165) is 0 Å². The first-order valence-electron chi connectivity index (χ1n) is 20.7. The van der Waals surface area contributed by atoms with E-state index in [0.29, 0.717) is 24.0 Å². The lowest BCUT2D eigenvalue weighted by molar-refractivity contribution is -0.595. The number of benzene rings is 2. The Morgan fingerprint density at radius 2 is 1.59 bits per heavy atom. The molecular weight excluding hydrogens is 748 g/mol. The molecule has 1 spiro atoms. The molecule has 6 aliphatic heterocycles. The Morgan fingerprint density at radius 3 is 2.31 bits per heavy atom. The molecule has 0 amide bonds. The van der Waals surface area contributed by atoms with Gasteiger partial charge in [-0.25, -0.2) is 9.59 Å². The van der Waals surface area contributed by atoms with Crippen molar-refractivity contribution in [1.29, 1.82) is 0 Å². The molecule has 0 radical (unpaired) electrons. The molecule has 13 nitrogen and oxygen atoms in total. The van der Waals surface area contributed by atoms with Gasteiger partial charge in [0, 0.05) is 35.3 Å². The van der Waals surface area contributed by atoms with E-state index in [-0.39, 0.29) is 37.0 Å². The molecule has 11 bridgehead atoms. The third-order valence-corrected chi connectivity index (χ3v) is 15.9. The van der Waals surface area contributed by atoms with Gasteiger partial charge < -0.3 is 54.0 Å². The van der Waals surface area contributed by atoms with Crippen LogP contribution in [0.25, 0.3) is 0 Å². The van der Waals surface area contributed by atoms with Crippen molar-refractivity contribution in [3.05, 3.63) is 96.1 Å². The van der Waals surface area contributed by atoms with Gasteiger partial charge in [-0.15, -0.1) is 0 Å². The van der Waals surface area contributed by atoms with Crippen molar-refractivity contribution < 1.29 is 63.5 Å². The molecule has 310 valence electrons. The molecule has 4 saturated carbocycles. The van der Waals surface area contributed by atoms with Gasteiger partial charge in [0.2, 0.25) is 0 Å². The van der Waals surface area contributed by atoms with Crippen LogP contribution < -0.4 is 0 Å². The van der Waals surface area contributed by atoms with Gasteiger partial charge in [0.15, 0.2) is 0 Å². The largest absolute Gasteiger partial charge is 0.456 e. The third-order valence-electron chi connectivity index (χ3n) is 15.9. The number of rotatable bonds is 4. The lowest BCUT2D eigenvalue weighted by Gasteiger charge is -2.74. The van der Waals surface area contributed by atoms with E-state index in [2.05, 4.69) is 6.92 Å². The Labute approximate surface area is 336 Å². The van der Waals surface area contributed by atoms with Gasteiger partial charge in [-0.05, 0) is 69.1 Å². The first-order valence-corrected chi connectivity index (χ1v) is 20.7. The molecule has 2 aromatic rings. The SMILES string of the molecule is C[C@H]1[C@@H]2CC[C@@H]1[C@H](OC(=O)c1ccccc1)/C=C\C=C\C(=O)O[C@H]1CC[C@@H]3[C@]1(O)[C@H](O)[C@@]1(CO)O[C@H]1[C@H]1[C@H]4O[C@]5(c6ccccc6)O[C@@H]([C@@H](C)[C@@]13O5)[C@@]4(O)[C@](C)(O)C2. The van der Waals surface area contributed by atoms with Crippen molar-refractivity contribution in [2.45, 2.75) is 123 Å². The molecule has 10 aliphatic rings. The molecule has 4 aliphatic carbocycles. The van der Waals surface area contributed by atoms with Gasteiger partial charge >= 0.3 is 17.9 Å². The zero-order valence-corrected chi connectivity index (χ0v) is 32.8. The fourth-order valence-corrected chi connectivity index (χ4v) is 13.0. The van der Waals surface area contributed by atoms with Crippen LogP contribution >= 0.6 is 0 Å². The van der Waals surface area contributed by atoms with E-state index in [4.69, 9.17) is 28.4 Å². The predicted molar refractivity (Wildman–Crippen MR) is 202 cm³/mol. The predicted octanol–water partition coefficient (Wildman–Crippen LogP) is 3.06. The second-order valence-corrected chi connectivity index (χ2v) is 18.4. The summed E-state index contributed by atoms with van der Waals surface area (Å²) < 4.78 is 39.4. The number of carbonyl (C=O) groups is 2. The van der Waals surface area contributed by atoms with Crippen LogP contribution in [0.5, 0.6) is 0 Å². The highest BCUT2D eigenvalue weighted by Gasteiger charge is 2.90. The summed E-state index contributed by atoms with van der Waals surface area (Å²) in [5.74, 6) is -6.19. The van der Waals surface area contributed by atoms with E-state index in [9.17, 15) is 35.1 Å². The standard InChI is InChI=1S/C45H52O13/c1-24-27-18-19-29(24)30(53-38(48)26-12-6-4-7-13-26)16-10-11-17-33(47)54-32-21-20-31-42(32,51)39(49)41(23-46)36(55-41)34-37-44(52,40(3,50)22-27)35-25(2)43(31,34)58-45(56-35,57-37)28-14-8-5-9-15-28/h4-17,24-25,27,29-32,34-37,39,46,49-52H,18-23H2,1-3H3/b16-10-,17-11+/t24-,25+,27+,29-,30+,31+,32-,34-,35-,36-,37+,39+,40+,41-,42+,43-,44-,45-/m0/s1. The summed E-state index contributed by atoms with van der Waals surface area (Å²) in [7, 11) is 0.